The predicted octanol–water partition coefficient (Wildman–Crippen LogP) is 4.87. The molecule has 1 unspecified atom stereocenters. The number of benzene rings is 1. The lowest BCUT2D eigenvalue weighted by Gasteiger charge is -2.13. The van der Waals surface area contributed by atoms with Crippen LogP contribution in [0.2, 0.25) is 0 Å². The van der Waals surface area contributed by atoms with Crippen LogP contribution in [0.4, 0.5) is 13.2 Å². The van der Waals surface area contributed by atoms with Gasteiger partial charge >= 0.3 is 6.18 Å². The van der Waals surface area contributed by atoms with E-state index in [9.17, 15) is 18.3 Å². The van der Waals surface area contributed by atoms with Gasteiger partial charge in [-0.15, -0.1) is 0 Å². The smallest absolute Gasteiger partial charge is 0.416 e. The van der Waals surface area contributed by atoms with Crippen LogP contribution in [0.25, 0.3) is 22.3 Å². The van der Waals surface area contributed by atoms with Gasteiger partial charge in [-0.1, -0.05) is 0 Å². The summed E-state index contributed by atoms with van der Waals surface area (Å²) in [6, 6.07) is 5.51. The zero-order chi connectivity index (χ0) is 19.9. The minimum absolute atomic E-state index is 0.237. The molecule has 0 spiro atoms. The first kappa shape index (κ1) is 18.7. The highest BCUT2D eigenvalue weighted by atomic mass is 19.4. The first-order chi connectivity index (χ1) is 13.3. The van der Waals surface area contributed by atoms with E-state index in [-0.39, 0.29) is 11.6 Å². The van der Waals surface area contributed by atoms with Crippen molar-refractivity contribution >= 4 is 11.0 Å². The first-order valence-corrected chi connectivity index (χ1v) is 9.18. The summed E-state index contributed by atoms with van der Waals surface area (Å²) in [5, 5.41) is 15.6. The maximum absolute atomic E-state index is 13.0. The zero-order valence-corrected chi connectivity index (χ0v) is 15.3. The minimum Gasteiger partial charge on any atom is -0.507 e. The molecule has 0 amide bonds. The number of hydrogen-bond donors (Lipinski definition) is 1. The molecule has 0 bridgehead atoms. The van der Waals surface area contributed by atoms with E-state index < -0.39 is 17.5 Å². The van der Waals surface area contributed by atoms with Crippen LogP contribution in [-0.4, -0.2) is 33.1 Å². The molecule has 1 aliphatic rings. The van der Waals surface area contributed by atoms with E-state index in [2.05, 4.69) is 10.1 Å². The minimum atomic E-state index is -4.51. The van der Waals surface area contributed by atoms with Gasteiger partial charge in [-0.05, 0) is 56.0 Å². The molecule has 1 atom stereocenters. The normalized spacial score (nSPS) is 18.4. The number of pyridine rings is 1. The molecule has 1 N–H and O–H groups in total. The molecule has 28 heavy (non-hydrogen) atoms. The van der Waals surface area contributed by atoms with E-state index in [0.29, 0.717) is 23.5 Å². The van der Waals surface area contributed by atoms with Gasteiger partial charge in [-0.2, -0.15) is 18.3 Å². The Hall–Kier alpha value is -2.61. The van der Waals surface area contributed by atoms with Crippen molar-refractivity contribution in [2.75, 3.05) is 13.2 Å². The number of rotatable bonds is 2. The van der Waals surface area contributed by atoms with Crippen LogP contribution in [0.3, 0.4) is 0 Å². The molecular weight excluding hydrogens is 371 g/mol. The first-order valence-electron chi connectivity index (χ1n) is 9.18. The standard InChI is InChI=1S/C20H20F3N3O2/c1-12-9-14(20(21,22)23)10-17(27)18(12)16-5-4-13-11-26(25-19(13)24-16)15-3-2-7-28-8-6-15/h4-5,9-11,15,27H,2-3,6-8H2,1H3. The highest BCUT2D eigenvalue weighted by Gasteiger charge is 2.32. The lowest BCUT2D eigenvalue weighted by Crippen LogP contribution is -2.09. The summed E-state index contributed by atoms with van der Waals surface area (Å²) in [5.41, 5.74) is 0.603. The average Bonchev–Trinajstić information content (AvgIpc) is 2.85. The fourth-order valence-corrected chi connectivity index (χ4v) is 3.66. The Morgan fingerprint density at radius 2 is 2.00 bits per heavy atom. The fraction of sp³-hybridized carbons (Fsp3) is 0.400. The summed E-state index contributed by atoms with van der Waals surface area (Å²) in [4.78, 5) is 4.49. The summed E-state index contributed by atoms with van der Waals surface area (Å²) >= 11 is 0. The quantitative estimate of drug-likeness (QED) is 0.677. The summed E-state index contributed by atoms with van der Waals surface area (Å²) < 4.78 is 46.2. The topological polar surface area (TPSA) is 60.2 Å². The Bertz CT molecular complexity index is 983. The third-order valence-electron chi connectivity index (χ3n) is 5.08. The molecule has 1 saturated heterocycles. The molecule has 1 aromatic carbocycles. The van der Waals surface area contributed by atoms with Gasteiger partial charge in [0.15, 0.2) is 5.65 Å². The van der Waals surface area contributed by atoms with Gasteiger partial charge in [-0.25, -0.2) is 4.98 Å². The van der Waals surface area contributed by atoms with Crippen LogP contribution in [0.5, 0.6) is 5.75 Å². The van der Waals surface area contributed by atoms with Gasteiger partial charge in [0.05, 0.1) is 17.3 Å². The number of halogens is 3. The molecule has 3 aromatic rings. The molecule has 3 heterocycles. The SMILES string of the molecule is Cc1cc(C(F)(F)F)cc(O)c1-c1ccc2cn(C3CCCOCC3)nc2n1. The lowest BCUT2D eigenvalue weighted by atomic mass is 10.00. The molecule has 8 heteroatoms. The third kappa shape index (κ3) is 3.56. The van der Waals surface area contributed by atoms with Gasteiger partial charge in [0, 0.05) is 30.4 Å². The predicted molar refractivity (Wildman–Crippen MR) is 98.1 cm³/mol. The number of alkyl halides is 3. The van der Waals surface area contributed by atoms with Crippen molar-refractivity contribution in [1.82, 2.24) is 14.8 Å². The average molecular weight is 391 g/mol. The number of nitrogens with zero attached hydrogens (tertiary/aromatic N) is 3. The summed E-state index contributed by atoms with van der Waals surface area (Å²) in [6.45, 7) is 2.98. The molecule has 1 fully saturated rings. The van der Waals surface area contributed by atoms with Crippen molar-refractivity contribution < 1.29 is 23.0 Å². The fourth-order valence-electron chi connectivity index (χ4n) is 3.66. The van der Waals surface area contributed by atoms with Gasteiger partial charge < -0.3 is 9.84 Å². The van der Waals surface area contributed by atoms with E-state index in [4.69, 9.17) is 4.74 Å². The maximum Gasteiger partial charge on any atom is 0.416 e. The molecule has 4 rings (SSSR count). The monoisotopic (exact) mass is 391 g/mol. The number of ether oxygens (including phenoxy) is 1. The largest absolute Gasteiger partial charge is 0.507 e. The van der Waals surface area contributed by atoms with Crippen molar-refractivity contribution in [2.24, 2.45) is 0 Å². The van der Waals surface area contributed by atoms with Crippen LogP contribution >= 0.6 is 0 Å². The van der Waals surface area contributed by atoms with Gasteiger partial charge in [0.1, 0.15) is 5.75 Å². The number of aryl methyl sites for hydroxylation is 1. The van der Waals surface area contributed by atoms with Crippen molar-refractivity contribution in [3.63, 3.8) is 0 Å². The molecule has 5 nitrogen and oxygen atoms in total. The van der Waals surface area contributed by atoms with Crippen LogP contribution in [-0.2, 0) is 10.9 Å². The Morgan fingerprint density at radius 3 is 2.75 bits per heavy atom. The van der Waals surface area contributed by atoms with E-state index in [0.717, 1.165) is 43.4 Å². The van der Waals surface area contributed by atoms with Crippen molar-refractivity contribution in [1.29, 1.82) is 0 Å². The zero-order valence-electron chi connectivity index (χ0n) is 15.3. The molecule has 0 radical (unpaired) electrons. The van der Waals surface area contributed by atoms with E-state index in [1.807, 2.05) is 16.9 Å². The Kier molecular flexibility index (Phi) is 4.74. The number of fused-ring (bicyclic) bond motifs is 1. The molecule has 2 aromatic heterocycles. The second-order valence-electron chi connectivity index (χ2n) is 7.10. The van der Waals surface area contributed by atoms with Crippen molar-refractivity contribution in [3.05, 3.63) is 41.6 Å². The lowest BCUT2D eigenvalue weighted by molar-refractivity contribution is -0.137. The molecule has 0 saturated carbocycles. The van der Waals surface area contributed by atoms with E-state index >= 15 is 0 Å². The van der Waals surface area contributed by atoms with Crippen molar-refractivity contribution in [3.8, 4) is 17.0 Å². The third-order valence-corrected chi connectivity index (χ3v) is 5.08. The second-order valence-corrected chi connectivity index (χ2v) is 7.10. The molecule has 1 aliphatic heterocycles. The summed E-state index contributed by atoms with van der Waals surface area (Å²) in [5.74, 6) is -0.445. The van der Waals surface area contributed by atoms with Crippen LogP contribution in [0, 0.1) is 6.92 Å². The van der Waals surface area contributed by atoms with E-state index in [1.54, 1.807) is 6.07 Å². The highest BCUT2D eigenvalue weighted by molar-refractivity contribution is 5.80. The van der Waals surface area contributed by atoms with Crippen molar-refractivity contribution in [2.45, 2.75) is 38.4 Å². The number of hydrogen-bond acceptors (Lipinski definition) is 4. The van der Waals surface area contributed by atoms with Gasteiger partial charge in [0.2, 0.25) is 0 Å². The Morgan fingerprint density at radius 1 is 1.18 bits per heavy atom. The van der Waals surface area contributed by atoms with Crippen LogP contribution in [0.15, 0.2) is 30.5 Å². The maximum atomic E-state index is 13.0. The Labute approximate surface area is 159 Å². The number of aromatic hydroxyl groups is 1. The van der Waals surface area contributed by atoms with Gasteiger partial charge in [-0.3, -0.25) is 4.68 Å². The Balaban J connectivity index is 1.72. The molecule has 148 valence electrons. The highest BCUT2D eigenvalue weighted by Crippen LogP contribution is 2.38. The van der Waals surface area contributed by atoms with Crippen LogP contribution < -0.4 is 0 Å². The number of aromatic nitrogens is 3. The van der Waals surface area contributed by atoms with Crippen LogP contribution in [0.1, 0.15) is 36.4 Å². The molecule has 0 aliphatic carbocycles. The summed E-state index contributed by atoms with van der Waals surface area (Å²) in [7, 11) is 0. The van der Waals surface area contributed by atoms with Gasteiger partial charge in [0.25, 0.3) is 0 Å². The molecular formula is C20H20F3N3O2. The number of phenols is 1. The second kappa shape index (κ2) is 7.09. The summed E-state index contributed by atoms with van der Waals surface area (Å²) in [6.07, 6.45) is 0.235. The van der Waals surface area contributed by atoms with E-state index in [1.165, 1.54) is 6.92 Å². The number of phenolic OH excluding ortho intramolecular Hbond substituents is 1.